The van der Waals surface area contributed by atoms with Crippen molar-refractivity contribution >= 4 is 11.9 Å². The first-order chi connectivity index (χ1) is 10.8. The number of nitrogens with one attached hydrogen (secondary N) is 1. The van der Waals surface area contributed by atoms with Gasteiger partial charge in [0.2, 0.25) is 5.91 Å². The number of carboxylic acid groups (broad SMARTS) is 1. The molecular formula is C17H25NO5. The first-order valence-corrected chi connectivity index (χ1v) is 7.73. The zero-order chi connectivity index (χ0) is 17.5. The molecule has 0 aromatic heterocycles. The average Bonchev–Trinajstić information content (AvgIpc) is 2.48. The van der Waals surface area contributed by atoms with Crippen LogP contribution in [0.25, 0.3) is 0 Å². The number of hydrogen-bond acceptors (Lipinski definition) is 4. The van der Waals surface area contributed by atoms with Crippen molar-refractivity contribution in [2.24, 2.45) is 0 Å². The highest BCUT2D eigenvalue weighted by atomic mass is 16.5. The molecule has 6 heteroatoms. The summed E-state index contributed by atoms with van der Waals surface area (Å²) in [4.78, 5) is 22.9. The van der Waals surface area contributed by atoms with Gasteiger partial charge in [0.25, 0.3) is 0 Å². The number of amides is 1. The fraction of sp³-hybridized carbons (Fsp3) is 0.529. The maximum atomic E-state index is 12.4. The number of rotatable bonds is 9. The van der Waals surface area contributed by atoms with Gasteiger partial charge in [0.15, 0.2) is 11.5 Å². The summed E-state index contributed by atoms with van der Waals surface area (Å²) in [6.45, 7) is 8.47. The van der Waals surface area contributed by atoms with Gasteiger partial charge in [-0.3, -0.25) is 9.59 Å². The quantitative estimate of drug-likeness (QED) is 0.729. The number of benzene rings is 1. The summed E-state index contributed by atoms with van der Waals surface area (Å²) in [7, 11) is 0. The molecule has 0 saturated heterocycles. The molecule has 0 aliphatic rings. The van der Waals surface area contributed by atoms with E-state index >= 15 is 0 Å². The van der Waals surface area contributed by atoms with Gasteiger partial charge < -0.3 is 19.9 Å². The van der Waals surface area contributed by atoms with Gasteiger partial charge in [-0.2, -0.15) is 0 Å². The number of aliphatic carboxylic acids is 1. The minimum Gasteiger partial charge on any atom is -0.490 e. The van der Waals surface area contributed by atoms with E-state index in [0.717, 1.165) is 5.56 Å². The normalized spacial score (nSPS) is 11.0. The zero-order valence-electron chi connectivity index (χ0n) is 14.1. The third kappa shape index (κ3) is 5.16. The van der Waals surface area contributed by atoms with Crippen molar-refractivity contribution in [2.45, 2.75) is 39.5 Å². The lowest BCUT2D eigenvalue weighted by Crippen LogP contribution is -2.40. The van der Waals surface area contributed by atoms with Gasteiger partial charge >= 0.3 is 5.97 Å². The van der Waals surface area contributed by atoms with Crippen LogP contribution in [0, 0.1) is 0 Å². The predicted octanol–water partition coefficient (Wildman–Crippen LogP) is 2.35. The topological polar surface area (TPSA) is 84.9 Å². The van der Waals surface area contributed by atoms with E-state index in [1.807, 2.05) is 19.9 Å². The Morgan fingerprint density at radius 2 is 1.74 bits per heavy atom. The van der Waals surface area contributed by atoms with Crippen LogP contribution in [-0.2, 0) is 15.0 Å². The van der Waals surface area contributed by atoms with Crippen LogP contribution in [0.3, 0.4) is 0 Å². The lowest BCUT2D eigenvalue weighted by Gasteiger charge is -2.25. The third-order valence-electron chi connectivity index (χ3n) is 3.46. The molecule has 6 nitrogen and oxygen atoms in total. The molecule has 0 radical (unpaired) electrons. The van der Waals surface area contributed by atoms with Gasteiger partial charge in [-0.25, -0.2) is 0 Å². The van der Waals surface area contributed by atoms with E-state index in [1.165, 1.54) is 0 Å². The minimum absolute atomic E-state index is 0.102. The van der Waals surface area contributed by atoms with Gasteiger partial charge in [-0.15, -0.1) is 0 Å². The molecule has 0 aliphatic heterocycles. The van der Waals surface area contributed by atoms with Crippen LogP contribution in [0.5, 0.6) is 11.5 Å². The highest BCUT2D eigenvalue weighted by molar-refractivity contribution is 5.87. The van der Waals surface area contributed by atoms with Gasteiger partial charge in [-0.05, 0) is 45.4 Å². The molecule has 0 aliphatic carbocycles. The minimum atomic E-state index is -0.942. The van der Waals surface area contributed by atoms with Crippen molar-refractivity contribution in [2.75, 3.05) is 19.8 Å². The zero-order valence-corrected chi connectivity index (χ0v) is 14.1. The van der Waals surface area contributed by atoms with E-state index in [4.69, 9.17) is 14.6 Å². The summed E-state index contributed by atoms with van der Waals surface area (Å²) in [6, 6.07) is 5.41. The summed E-state index contributed by atoms with van der Waals surface area (Å²) >= 11 is 0. The molecule has 0 fully saturated rings. The molecule has 0 saturated carbocycles. The van der Waals surface area contributed by atoms with Crippen LogP contribution in [0.1, 0.15) is 39.7 Å². The molecule has 0 bridgehead atoms. The number of hydrogen-bond donors (Lipinski definition) is 2. The van der Waals surface area contributed by atoms with E-state index in [9.17, 15) is 9.59 Å². The van der Waals surface area contributed by atoms with Crippen LogP contribution < -0.4 is 14.8 Å². The lowest BCUT2D eigenvalue weighted by molar-refractivity contribution is -0.137. The molecule has 23 heavy (non-hydrogen) atoms. The summed E-state index contributed by atoms with van der Waals surface area (Å²) in [5.74, 6) is 0.0617. The van der Waals surface area contributed by atoms with E-state index in [1.54, 1.807) is 26.0 Å². The molecule has 1 aromatic carbocycles. The Hall–Kier alpha value is -2.24. The maximum absolute atomic E-state index is 12.4. The Balaban J connectivity index is 2.95. The number of ether oxygens (including phenoxy) is 2. The third-order valence-corrected chi connectivity index (χ3v) is 3.46. The SMILES string of the molecule is CCOc1ccc(C(C)(C)C(=O)NCCC(=O)O)cc1OCC. The van der Waals surface area contributed by atoms with Crippen molar-refractivity contribution in [3.05, 3.63) is 23.8 Å². The number of carboxylic acids is 1. The molecule has 0 spiro atoms. The molecule has 1 amide bonds. The summed E-state index contributed by atoms with van der Waals surface area (Å²) < 4.78 is 11.1. The fourth-order valence-electron chi connectivity index (χ4n) is 2.07. The Morgan fingerprint density at radius 3 is 2.30 bits per heavy atom. The number of carbonyl (C=O) groups is 2. The van der Waals surface area contributed by atoms with E-state index in [-0.39, 0.29) is 18.9 Å². The van der Waals surface area contributed by atoms with Gasteiger partial charge in [0, 0.05) is 6.54 Å². The molecule has 1 aromatic rings. The standard InChI is InChI=1S/C17H25NO5/c1-5-22-13-8-7-12(11-14(13)23-6-2)17(3,4)16(21)18-10-9-15(19)20/h7-8,11H,5-6,9-10H2,1-4H3,(H,18,21)(H,19,20). The van der Waals surface area contributed by atoms with Crippen LogP contribution in [-0.4, -0.2) is 36.7 Å². The molecule has 1 rings (SSSR count). The van der Waals surface area contributed by atoms with Crippen molar-refractivity contribution in [1.82, 2.24) is 5.32 Å². The lowest BCUT2D eigenvalue weighted by atomic mass is 9.83. The Labute approximate surface area is 136 Å². The molecule has 0 atom stereocenters. The first kappa shape index (κ1) is 18.8. The van der Waals surface area contributed by atoms with Crippen molar-refractivity contribution < 1.29 is 24.2 Å². The van der Waals surface area contributed by atoms with Crippen LogP contribution in [0.15, 0.2) is 18.2 Å². The van der Waals surface area contributed by atoms with Crippen LogP contribution in [0.2, 0.25) is 0 Å². The smallest absolute Gasteiger partial charge is 0.305 e. The summed E-state index contributed by atoms with van der Waals surface area (Å²) in [6.07, 6.45) is -0.102. The van der Waals surface area contributed by atoms with Crippen molar-refractivity contribution in [3.63, 3.8) is 0 Å². The number of carbonyl (C=O) groups excluding carboxylic acids is 1. The maximum Gasteiger partial charge on any atom is 0.305 e. The highest BCUT2D eigenvalue weighted by Crippen LogP contribution is 2.33. The molecule has 2 N–H and O–H groups in total. The average molecular weight is 323 g/mol. The Bertz CT molecular complexity index is 554. The van der Waals surface area contributed by atoms with Crippen molar-refractivity contribution in [3.8, 4) is 11.5 Å². The van der Waals surface area contributed by atoms with Gasteiger partial charge in [-0.1, -0.05) is 6.07 Å². The van der Waals surface area contributed by atoms with Crippen LogP contribution in [0.4, 0.5) is 0 Å². The molecule has 0 unspecified atom stereocenters. The van der Waals surface area contributed by atoms with Crippen molar-refractivity contribution in [1.29, 1.82) is 0 Å². The summed E-state index contributed by atoms with van der Waals surface area (Å²) in [5.41, 5.74) is -0.0352. The molecule has 0 heterocycles. The molecule has 128 valence electrons. The Kier molecular flexibility index (Phi) is 6.88. The highest BCUT2D eigenvalue weighted by Gasteiger charge is 2.30. The van der Waals surface area contributed by atoms with Gasteiger partial charge in [0.1, 0.15) is 0 Å². The van der Waals surface area contributed by atoms with Crippen LogP contribution >= 0.6 is 0 Å². The summed E-state index contributed by atoms with van der Waals surface area (Å²) in [5, 5.41) is 11.3. The second-order valence-corrected chi connectivity index (χ2v) is 5.55. The molecular weight excluding hydrogens is 298 g/mol. The van der Waals surface area contributed by atoms with Gasteiger partial charge in [0.05, 0.1) is 25.0 Å². The van der Waals surface area contributed by atoms with E-state index < -0.39 is 11.4 Å². The first-order valence-electron chi connectivity index (χ1n) is 7.73. The van der Waals surface area contributed by atoms with E-state index in [2.05, 4.69) is 5.32 Å². The van der Waals surface area contributed by atoms with E-state index in [0.29, 0.717) is 24.7 Å². The fourth-order valence-corrected chi connectivity index (χ4v) is 2.07. The Morgan fingerprint density at radius 1 is 1.13 bits per heavy atom. The predicted molar refractivity (Wildman–Crippen MR) is 87.1 cm³/mol. The second-order valence-electron chi connectivity index (χ2n) is 5.55. The monoisotopic (exact) mass is 323 g/mol. The largest absolute Gasteiger partial charge is 0.490 e. The second kappa shape index (κ2) is 8.41.